The highest BCUT2D eigenvalue weighted by molar-refractivity contribution is 5.71. The number of carboxylic acids is 1. The van der Waals surface area contributed by atoms with Crippen molar-refractivity contribution in [1.82, 2.24) is 0 Å². The maximum absolute atomic E-state index is 10.6. The molecule has 0 bridgehead atoms. The van der Waals surface area contributed by atoms with Gasteiger partial charge in [0, 0.05) is 12.5 Å². The molecule has 1 N–H and O–H groups in total. The van der Waals surface area contributed by atoms with E-state index >= 15 is 0 Å². The molecule has 1 rings (SSSR count). The van der Waals surface area contributed by atoms with Gasteiger partial charge >= 0.3 is 5.97 Å². The van der Waals surface area contributed by atoms with Crippen molar-refractivity contribution in [3.63, 3.8) is 0 Å². The summed E-state index contributed by atoms with van der Waals surface area (Å²) in [7, 11) is 0. The monoisotopic (exact) mass is 250 g/mol. The summed E-state index contributed by atoms with van der Waals surface area (Å²) < 4.78 is 5.46. The van der Waals surface area contributed by atoms with Crippen LogP contribution in [0.1, 0.15) is 24.8 Å². The van der Waals surface area contributed by atoms with Gasteiger partial charge in [-0.05, 0) is 18.4 Å². The highest BCUT2D eigenvalue weighted by Gasteiger charge is 2.11. The second-order valence-electron chi connectivity index (χ2n) is 4.17. The van der Waals surface area contributed by atoms with E-state index in [0.29, 0.717) is 32.3 Å². The summed E-state index contributed by atoms with van der Waals surface area (Å²) >= 11 is 0. The molecule has 0 radical (unpaired) electrons. The maximum atomic E-state index is 10.6. The molecule has 0 aromatic heterocycles. The van der Waals surface area contributed by atoms with Crippen LogP contribution in [0.3, 0.4) is 0 Å². The maximum Gasteiger partial charge on any atom is 0.304 e. The SMILES string of the molecule is O=CC(CCCOCc1ccccc1)CC(=O)O. The molecule has 0 aliphatic carbocycles. The van der Waals surface area contributed by atoms with Crippen LogP contribution in [-0.4, -0.2) is 24.0 Å². The largest absolute Gasteiger partial charge is 0.481 e. The summed E-state index contributed by atoms with van der Waals surface area (Å²) in [6.07, 6.45) is 1.88. The quantitative estimate of drug-likeness (QED) is 0.539. The Balaban J connectivity index is 2.11. The normalized spacial score (nSPS) is 12.0. The number of hydrogen-bond donors (Lipinski definition) is 1. The molecular formula is C14H18O4. The van der Waals surface area contributed by atoms with E-state index in [1.54, 1.807) is 0 Å². The van der Waals surface area contributed by atoms with Crippen molar-refractivity contribution in [2.24, 2.45) is 5.92 Å². The molecule has 4 heteroatoms. The first kappa shape index (κ1) is 14.4. The molecule has 0 spiro atoms. The lowest BCUT2D eigenvalue weighted by Gasteiger charge is -2.08. The van der Waals surface area contributed by atoms with E-state index in [1.165, 1.54) is 0 Å². The average Bonchev–Trinajstić information content (AvgIpc) is 2.37. The van der Waals surface area contributed by atoms with Crippen LogP contribution in [0, 0.1) is 5.92 Å². The Kier molecular flexibility index (Phi) is 6.72. The first-order valence-electron chi connectivity index (χ1n) is 6.01. The van der Waals surface area contributed by atoms with Crippen molar-refractivity contribution < 1.29 is 19.4 Å². The molecule has 4 nitrogen and oxygen atoms in total. The molecular weight excluding hydrogens is 232 g/mol. The Bertz CT molecular complexity index is 361. The van der Waals surface area contributed by atoms with Crippen molar-refractivity contribution in [2.75, 3.05) is 6.61 Å². The van der Waals surface area contributed by atoms with E-state index in [2.05, 4.69) is 0 Å². The predicted molar refractivity (Wildman–Crippen MR) is 67.1 cm³/mol. The summed E-state index contributed by atoms with van der Waals surface area (Å²) in [5.41, 5.74) is 1.11. The number of carboxylic acid groups (broad SMARTS) is 1. The van der Waals surface area contributed by atoms with Crippen molar-refractivity contribution in [1.29, 1.82) is 0 Å². The standard InChI is InChI=1S/C14H18O4/c15-10-13(9-14(16)17)7-4-8-18-11-12-5-2-1-3-6-12/h1-3,5-6,10,13H,4,7-9,11H2,(H,16,17). The highest BCUT2D eigenvalue weighted by Crippen LogP contribution is 2.09. The molecule has 1 unspecified atom stereocenters. The average molecular weight is 250 g/mol. The molecule has 0 saturated heterocycles. The number of carbonyl (C=O) groups excluding carboxylic acids is 1. The molecule has 0 aliphatic rings. The van der Waals surface area contributed by atoms with Crippen molar-refractivity contribution in [2.45, 2.75) is 25.9 Å². The number of hydrogen-bond acceptors (Lipinski definition) is 3. The molecule has 0 amide bonds. The van der Waals surface area contributed by atoms with Gasteiger partial charge in [-0.3, -0.25) is 4.79 Å². The lowest BCUT2D eigenvalue weighted by atomic mass is 10.0. The van der Waals surface area contributed by atoms with Gasteiger partial charge in [-0.1, -0.05) is 30.3 Å². The van der Waals surface area contributed by atoms with Crippen LogP contribution in [0.4, 0.5) is 0 Å². The zero-order valence-electron chi connectivity index (χ0n) is 10.2. The van der Waals surface area contributed by atoms with Gasteiger partial charge in [0.25, 0.3) is 0 Å². The van der Waals surface area contributed by atoms with Gasteiger partial charge in [-0.2, -0.15) is 0 Å². The minimum absolute atomic E-state index is 0.0951. The summed E-state index contributed by atoms with van der Waals surface area (Å²) in [6.45, 7) is 1.09. The molecule has 1 aromatic rings. The van der Waals surface area contributed by atoms with Crippen LogP contribution in [0.2, 0.25) is 0 Å². The summed E-state index contributed by atoms with van der Waals surface area (Å²) in [5.74, 6) is -1.33. The van der Waals surface area contributed by atoms with Gasteiger partial charge < -0.3 is 14.6 Å². The minimum Gasteiger partial charge on any atom is -0.481 e. The second-order valence-corrected chi connectivity index (χ2v) is 4.17. The fourth-order valence-electron chi connectivity index (χ4n) is 1.65. The van der Waals surface area contributed by atoms with E-state index in [-0.39, 0.29) is 6.42 Å². The number of rotatable bonds is 9. The van der Waals surface area contributed by atoms with Crippen molar-refractivity contribution in [3.05, 3.63) is 35.9 Å². The topological polar surface area (TPSA) is 63.6 Å². The molecule has 0 aliphatic heterocycles. The molecule has 0 saturated carbocycles. The number of aldehydes is 1. The molecule has 18 heavy (non-hydrogen) atoms. The predicted octanol–water partition coefficient (Wildman–Crippen LogP) is 2.27. The third-order valence-corrected chi connectivity index (χ3v) is 2.60. The number of carbonyl (C=O) groups is 2. The Morgan fingerprint density at radius 2 is 2.06 bits per heavy atom. The first-order valence-corrected chi connectivity index (χ1v) is 6.01. The summed E-state index contributed by atoms with van der Waals surface area (Å²) in [4.78, 5) is 21.1. The van der Waals surface area contributed by atoms with E-state index < -0.39 is 11.9 Å². The lowest BCUT2D eigenvalue weighted by Crippen LogP contribution is -2.10. The molecule has 0 heterocycles. The van der Waals surface area contributed by atoms with Gasteiger partial charge in [0.1, 0.15) is 6.29 Å². The smallest absolute Gasteiger partial charge is 0.304 e. The molecule has 1 aromatic carbocycles. The first-order chi connectivity index (χ1) is 8.72. The zero-order valence-corrected chi connectivity index (χ0v) is 10.2. The summed E-state index contributed by atoms with van der Waals surface area (Å²) in [5, 5.41) is 8.58. The van der Waals surface area contributed by atoms with Crippen LogP contribution in [0.25, 0.3) is 0 Å². The Labute approximate surface area is 107 Å². The van der Waals surface area contributed by atoms with Crippen LogP contribution in [-0.2, 0) is 20.9 Å². The van der Waals surface area contributed by atoms with Crippen LogP contribution in [0.15, 0.2) is 30.3 Å². The minimum atomic E-state index is -0.933. The van der Waals surface area contributed by atoms with Crippen molar-refractivity contribution >= 4 is 12.3 Å². The third kappa shape index (κ3) is 6.15. The van der Waals surface area contributed by atoms with E-state index in [9.17, 15) is 9.59 Å². The molecule has 98 valence electrons. The van der Waals surface area contributed by atoms with E-state index in [0.717, 1.165) is 5.56 Å². The lowest BCUT2D eigenvalue weighted by molar-refractivity contribution is -0.139. The van der Waals surface area contributed by atoms with Gasteiger partial charge in [0.2, 0.25) is 0 Å². The highest BCUT2D eigenvalue weighted by atomic mass is 16.5. The van der Waals surface area contributed by atoms with Gasteiger partial charge in [-0.25, -0.2) is 0 Å². The number of benzene rings is 1. The molecule has 1 atom stereocenters. The fourth-order valence-corrected chi connectivity index (χ4v) is 1.65. The number of aliphatic carboxylic acids is 1. The Morgan fingerprint density at radius 1 is 1.33 bits per heavy atom. The summed E-state index contributed by atoms with van der Waals surface area (Å²) in [6, 6.07) is 9.82. The molecule has 0 fully saturated rings. The van der Waals surface area contributed by atoms with Crippen molar-refractivity contribution in [3.8, 4) is 0 Å². The van der Waals surface area contributed by atoms with Gasteiger partial charge in [0.15, 0.2) is 0 Å². The van der Waals surface area contributed by atoms with Gasteiger partial charge in [-0.15, -0.1) is 0 Å². The van der Waals surface area contributed by atoms with Crippen LogP contribution >= 0.6 is 0 Å². The third-order valence-electron chi connectivity index (χ3n) is 2.60. The Hall–Kier alpha value is -1.68. The van der Waals surface area contributed by atoms with E-state index in [1.807, 2.05) is 30.3 Å². The van der Waals surface area contributed by atoms with Crippen LogP contribution in [0.5, 0.6) is 0 Å². The fraction of sp³-hybridized carbons (Fsp3) is 0.429. The van der Waals surface area contributed by atoms with E-state index in [4.69, 9.17) is 9.84 Å². The van der Waals surface area contributed by atoms with Crippen LogP contribution < -0.4 is 0 Å². The number of ether oxygens (including phenoxy) is 1. The second kappa shape index (κ2) is 8.42. The Morgan fingerprint density at radius 3 is 2.67 bits per heavy atom. The zero-order chi connectivity index (χ0) is 13.2. The van der Waals surface area contributed by atoms with Gasteiger partial charge in [0.05, 0.1) is 13.0 Å².